The highest BCUT2D eigenvalue weighted by atomic mass is 32.1. The van der Waals surface area contributed by atoms with Crippen LogP contribution in [0.4, 0.5) is 4.39 Å². The predicted molar refractivity (Wildman–Crippen MR) is 67.3 cm³/mol. The van der Waals surface area contributed by atoms with Crippen LogP contribution in [0.5, 0.6) is 10.9 Å². The summed E-state index contributed by atoms with van der Waals surface area (Å²) < 4.78 is 22.4. The Morgan fingerprint density at radius 3 is 3.00 bits per heavy atom. The number of halogens is 1. The highest BCUT2D eigenvalue weighted by Gasteiger charge is 2.15. The number of ether oxygens (including phenoxy) is 1. The molecule has 0 aliphatic heterocycles. The molecule has 0 aliphatic rings. The first-order chi connectivity index (χ1) is 9.10. The molecule has 2 rings (SSSR count). The van der Waals surface area contributed by atoms with Gasteiger partial charge in [-0.05, 0) is 24.6 Å². The van der Waals surface area contributed by atoms with E-state index in [0.29, 0.717) is 5.82 Å². The summed E-state index contributed by atoms with van der Waals surface area (Å²) >= 11 is 1.04. The van der Waals surface area contributed by atoms with Gasteiger partial charge in [-0.15, -0.1) is 0 Å². The first-order valence-electron chi connectivity index (χ1n) is 5.63. The van der Waals surface area contributed by atoms with Crippen molar-refractivity contribution >= 4 is 17.5 Å². The zero-order valence-corrected chi connectivity index (χ0v) is 10.9. The fraction of sp³-hybridized carbons (Fsp3) is 0.250. The molecular weight excluding hydrogens is 271 g/mol. The lowest BCUT2D eigenvalue weighted by molar-refractivity contribution is 0.0693. The minimum atomic E-state index is -1.26. The molecule has 1 heterocycles. The van der Waals surface area contributed by atoms with Gasteiger partial charge in [0.15, 0.2) is 0 Å². The molecule has 100 valence electrons. The van der Waals surface area contributed by atoms with Crippen LogP contribution in [0.2, 0.25) is 0 Å². The zero-order valence-electron chi connectivity index (χ0n) is 10.1. The summed E-state index contributed by atoms with van der Waals surface area (Å²) in [5.41, 5.74) is -0.243. The van der Waals surface area contributed by atoms with Crippen LogP contribution < -0.4 is 4.74 Å². The molecule has 0 bridgehead atoms. The molecule has 1 aromatic heterocycles. The Morgan fingerprint density at radius 2 is 2.32 bits per heavy atom. The second-order valence-electron chi connectivity index (χ2n) is 3.77. The fourth-order valence-electron chi connectivity index (χ4n) is 1.46. The number of aromatic nitrogens is 2. The van der Waals surface area contributed by atoms with Crippen molar-refractivity contribution in [3.05, 3.63) is 35.4 Å². The number of aryl methyl sites for hydroxylation is 1. The second kappa shape index (κ2) is 5.75. The van der Waals surface area contributed by atoms with E-state index in [2.05, 4.69) is 9.36 Å². The molecule has 0 aliphatic carbocycles. The van der Waals surface area contributed by atoms with Gasteiger partial charge in [-0.2, -0.15) is 9.36 Å². The van der Waals surface area contributed by atoms with Crippen LogP contribution in [0, 0.1) is 5.82 Å². The smallest absolute Gasteiger partial charge is 0.339 e. The molecule has 0 saturated heterocycles. The second-order valence-corrected chi connectivity index (χ2v) is 4.49. The number of carboxylic acids is 1. The Kier molecular flexibility index (Phi) is 4.06. The van der Waals surface area contributed by atoms with Crippen molar-refractivity contribution < 1.29 is 19.0 Å². The number of aromatic carboxylic acids is 1. The van der Waals surface area contributed by atoms with Crippen molar-refractivity contribution in [2.45, 2.75) is 19.8 Å². The van der Waals surface area contributed by atoms with Gasteiger partial charge in [0, 0.05) is 18.0 Å². The molecule has 0 saturated carbocycles. The van der Waals surface area contributed by atoms with Gasteiger partial charge >= 0.3 is 5.97 Å². The first kappa shape index (κ1) is 13.4. The third-order valence-electron chi connectivity index (χ3n) is 2.29. The van der Waals surface area contributed by atoms with Gasteiger partial charge in [0.05, 0.1) is 0 Å². The predicted octanol–water partition coefficient (Wildman–Crippen LogP) is 3.12. The maximum Gasteiger partial charge on any atom is 0.339 e. The lowest BCUT2D eigenvalue weighted by Crippen LogP contribution is -2.00. The molecule has 1 N–H and O–H groups in total. The van der Waals surface area contributed by atoms with Crippen LogP contribution in [0.1, 0.15) is 29.5 Å². The largest absolute Gasteiger partial charge is 0.478 e. The fourth-order valence-corrected chi connectivity index (χ4v) is 2.05. The Hall–Kier alpha value is -2.02. The highest BCUT2D eigenvalue weighted by Crippen LogP contribution is 2.27. The summed E-state index contributed by atoms with van der Waals surface area (Å²) in [5, 5.41) is 9.23. The Labute approximate surface area is 112 Å². The van der Waals surface area contributed by atoms with Crippen molar-refractivity contribution in [3.8, 4) is 10.9 Å². The van der Waals surface area contributed by atoms with Crippen molar-refractivity contribution in [1.29, 1.82) is 0 Å². The quantitative estimate of drug-likeness (QED) is 0.912. The maximum atomic E-state index is 13.0. The van der Waals surface area contributed by atoms with E-state index >= 15 is 0 Å². The van der Waals surface area contributed by atoms with Gasteiger partial charge in [-0.3, -0.25) is 0 Å². The van der Waals surface area contributed by atoms with E-state index in [9.17, 15) is 9.18 Å². The molecule has 7 heteroatoms. The van der Waals surface area contributed by atoms with E-state index in [4.69, 9.17) is 9.84 Å². The molecule has 5 nitrogen and oxygen atoms in total. The zero-order chi connectivity index (χ0) is 13.8. The summed E-state index contributed by atoms with van der Waals surface area (Å²) in [6.45, 7) is 2.00. The van der Waals surface area contributed by atoms with E-state index in [0.717, 1.165) is 36.5 Å². The van der Waals surface area contributed by atoms with Gasteiger partial charge in [0.1, 0.15) is 23.0 Å². The number of hydrogen-bond donors (Lipinski definition) is 1. The lowest BCUT2D eigenvalue weighted by atomic mass is 10.2. The molecule has 0 unspecified atom stereocenters. The van der Waals surface area contributed by atoms with Gasteiger partial charge in [0.25, 0.3) is 5.19 Å². The summed E-state index contributed by atoms with van der Waals surface area (Å²) in [5.74, 6) is -1.18. The molecule has 2 aromatic rings. The van der Waals surface area contributed by atoms with Crippen LogP contribution in [0.25, 0.3) is 0 Å². The normalized spacial score (nSPS) is 10.4. The van der Waals surface area contributed by atoms with Gasteiger partial charge < -0.3 is 9.84 Å². The monoisotopic (exact) mass is 282 g/mol. The molecule has 0 spiro atoms. The summed E-state index contributed by atoms with van der Waals surface area (Å²) in [6.07, 6.45) is 1.64. The van der Waals surface area contributed by atoms with Crippen molar-refractivity contribution in [2.24, 2.45) is 0 Å². The van der Waals surface area contributed by atoms with E-state index in [1.807, 2.05) is 6.92 Å². The number of nitrogens with zero attached hydrogens (tertiary/aromatic N) is 2. The SMILES string of the molecule is CCCc1nsc(Oc2ccc(F)cc2C(=O)O)n1. The van der Waals surface area contributed by atoms with Gasteiger partial charge in [-0.1, -0.05) is 6.92 Å². The third kappa shape index (κ3) is 3.25. The summed E-state index contributed by atoms with van der Waals surface area (Å²) in [4.78, 5) is 15.1. The summed E-state index contributed by atoms with van der Waals surface area (Å²) in [6, 6.07) is 3.31. The van der Waals surface area contributed by atoms with Gasteiger partial charge in [0.2, 0.25) is 0 Å². The van der Waals surface area contributed by atoms with Crippen molar-refractivity contribution in [3.63, 3.8) is 0 Å². The maximum absolute atomic E-state index is 13.0. The average molecular weight is 282 g/mol. The molecule has 1 aromatic carbocycles. The van der Waals surface area contributed by atoms with E-state index in [1.165, 1.54) is 6.07 Å². The number of carbonyl (C=O) groups is 1. The van der Waals surface area contributed by atoms with E-state index in [-0.39, 0.29) is 16.5 Å². The number of carboxylic acid groups (broad SMARTS) is 1. The summed E-state index contributed by atoms with van der Waals surface area (Å²) in [7, 11) is 0. The molecule has 0 radical (unpaired) electrons. The Balaban J connectivity index is 2.24. The topological polar surface area (TPSA) is 72.3 Å². The Bertz CT molecular complexity index is 600. The standard InChI is InChI=1S/C12H11FN2O3S/c1-2-3-10-14-12(19-15-10)18-9-5-4-7(13)6-8(9)11(16)17/h4-6H,2-3H2,1H3,(H,16,17). The molecule has 0 fully saturated rings. The minimum Gasteiger partial charge on any atom is -0.478 e. The Morgan fingerprint density at radius 1 is 1.53 bits per heavy atom. The van der Waals surface area contributed by atoms with E-state index in [1.54, 1.807) is 0 Å². The lowest BCUT2D eigenvalue weighted by Gasteiger charge is -2.05. The van der Waals surface area contributed by atoms with Crippen LogP contribution >= 0.6 is 11.5 Å². The first-order valence-corrected chi connectivity index (χ1v) is 6.40. The van der Waals surface area contributed by atoms with E-state index < -0.39 is 11.8 Å². The third-order valence-corrected chi connectivity index (χ3v) is 2.93. The molecule has 19 heavy (non-hydrogen) atoms. The van der Waals surface area contributed by atoms with Gasteiger partial charge in [-0.25, -0.2) is 9.18 Å². The van der Waals surface area contributed by atoms with Crippen LogP contribution in [0.3, 0.4) is 0 Å². The average Bonchev–Trinajstić information content (AvgIpc) is 2.79. The number of hydrogen-bond acceptors (Lipinski definition) is 5. The van der Waals surface area contributed by atoms with Crippen molar-refractivity contribution in [1.82, 2.24) is 9.36 Å². The highest BCUT2D eigenvalue weighted by molar-refractivity contribution is 7.07. The van der Waals surface area contributed by atoms with Crippen LogP contribution in [-0.4, -0.2) is 20.4 Å². The number of rotatable bonds is 5. The van der Waals surface area contributed by atoms with Crippen molar-refractivity contribution in [2.75, 3.05) is 0 Å². The van der Waals surface area contributed by atoms with Crippen LogP contribution in [-0.2, 0) is 6.42 Å². The molecule has 0 atom stereocenters. The minimum absolute atomic E-state index is 0.0492. The van der Waals surface area contributed by atoms with Crippen LogP contribution in [0.15, 0.2) is 18.2 Å². The number of benzene rings is 1. The molecule has 0 amide bonds. The molecular formula is C12H11FN2O3S.